The Kier molecular flexibility index (Phi) is 3.69. The molecule has 0 atom stereocenters. The predicted octanol–water partition coefficient (Wildman–Crippen LogP) is 1.05. The van der Waals surface area contributed by atoms with Gasteiger partial charge in [-0.2, -0.15) is 0 Å². The Morgan fingerprint density at radius 3 is 3.09 bits per heavy atom. The first-order valence-electron chi connectivity index (χ1n) is 6.75. The van der Waals surface area contributed by atoms with Crippen molar-refractivity contribution < 1.29 is 14.3 Å². The van der Waals surface area contributed by atoms with Crippen LogP contribution in [0.1, 0.15) is 21.9 Å². The second-order valence-corrected chi connectivity index (χ2v) is 4.84. The summed E-state index contributed by atoms with van der Waals surface area (Å²) in [5.41, 5.74) is 1.78. The monoisotopic (exact) mass is 298 g/mol. The number of nitrogens with one attached hydrogen (secondary N) is 2. The molecule has 2 N–H and O–H groups in total. The number of benzene rings is 1. The molecule has 0 saturated heterocycles. The Bertz CT molecular complexity index is 745. The SMILES string of the molecule is Cc1nccc(C(=O)NCc2ccc3c(c2)NC(=O)CO3)n1. The van der Waals surface area contributed by atoms with Crippen molar-refractivity contribution in [3.05, 3.63) is 47.5 Å². The van der Waals surface area contributed by atoms with E-state index in [-0.39, 0.29) is 18.4 Å². The van der Waals surface area contributed by atoms with Crippen molar-refractivity contribution in [2.75, 3.05) is 11.9 Å². The lowest BCUT2D eigenvalue weighted by Gasteiger charge is -2.18. The summed E-state index contributed by atoms with van der Waals surface area (Å²) in [5, 5.41) is 5.51. The Morgan fingerprint density at radius 2 is 2.27 bits per heavy atom. The normalized spacial score (nSPS) is 12.9. The van der Waals surface area contributed by atoms with E-state index < -0.39 is 0 Å². The van der Waals surface area contributed by atoms with Crippen LogP contribution in [0, 0.1) is 6.92 Å². The molecule has 7 nitrogen and oxygen atoms in total. The lowest BCUT2D eigenvalue weighted by Crippen LogP contribution is -2.26. The van der Waals surface area contributed by atoms with E-state index in [0.717, 1.165) is 5.56 Å². The van der Waals surface area contributed by atoms with Crippen LogP contribution >= 0.6 is 0 Å². The molecule has 0 spiro atoms. The molecule has 1 aliphatic heterocycles. The molecule has 3 rings (SSSR count). The number of hydrogen-bond donors (Lipinski definition) is 2. The maximum absolute atomic E-state index is 12.0. The van der Waals surface area contributed by atoms with Crippen LogP contribution < -0.4 is 15.4 Å². The Labute approximate surface area is 126 Å². The summed E-state index contributed by atoms with van der Waals surface area (Å²) in [6.45, 7) is 2.07. The fourth-order valence-corrected chi connectivity index (χ4v) is 2.10. The van der Waals surface area contributed by atoms with E-state index >= 15 is 0 Å². The number of anilines is 1. The standard InChI is InChI=1S/C15H14N4O3/c1-9-16-5-4-11(18-9)15(21)17-7-10-2-3-13-12(6-10)19-14(20)8-22-13/h2-6H,7-8H2,1H3,(H,17,21)(H,19,20). The molecule has 1 aromatic heterocycles. The maximum Gasteiger partial charge on any atom is 0.270 e. The van der Waals surface area contributed by atoms with Gasteiger partial charge in [0, 0.05) is 12.7 Å². The summed E-state index contributed by atoms with van der Waals surface area (Å²) in [6.07, 6.45) is 1.54. The van der Waals surface area contributed by atoms with Gasteiger partial charge in [-0.15, -0.1) is 0 Å². The molecule has 0 saturated carbocycles. The summed E-state index contributed by atoms with van der Waals surface area (Å²) in [6, 6.07) is 6.94. The molecule has 1 aliphatic rings. The summed E-state index contributed by atoms with van der Waals surface area (Å²) in [7, 11) is 0. The lowest BCUT2D eigenvalue weighted by molar-refractivity contribution is -0.118. The zero-order valence-corrected chi connectivity index (χ0v) is 11.9. The largest absolute Gasteiger partial charge is 0.482 e. The van der Waals surface area contributed by atoms with E-state index in [1.807, 2.05) is 6.07 Å². The average molecular weight is 298 g/mol. The summed E-state index contributed by atoms with van der Waals surface area (Å²) >= 11 is 0. The van der Waals surface area contributed by atoms with E-state index in [2.05, 4.69) is 20.6 Å². The van der Waals surface area contributed by atoms with Gasteiger partial charge in [0.25, 0.3) is 11.8 Å². The molecule has 112 valence electrons. The lowest BCUT2D eigenvalue weighted by atomic mass is 10.1. The third kappa shape index (κ3) is 3.03. The van der Waals surface area contributed by atoms with Crippen molar-refractivity contribution >= 4 is 17.5 Å². The van der Waals surface area contributed by atoms with Gasteiger partial charge in [0.15, 0.2) is 6.61 Å². The van der Waals surface area contributed by atoms with E-state index in [1.165, 1.54) is 0 Å². The second-order valence-electron chi connectivity index (χ2n) is 4.84. The highest BCUT2D eigenvalue weighted by Crippen LogP contribution is 2.28. The van der Waals surface area contributed by atoms with Gasteiger partial charge in [0.05, 0.1) is 5.69 Å². The topological polar surface area (TPSA) is 93.2 Å². The highest BCUT2D eigenvalue weighted by Gasteiger charge is 2.16. The van der Waals surface area contributed by atoms with Gasteiger partial charge in [-0.25, -0.2) is 9.97 Å². The van der Waals surface area contributed by atoms with Crippen molar-refractivity contribution in [3.63, 3.8) is 0 Å². The van der Waals surface area contributed by atoms with Crippen LogP contribution in [0.3, 0.4) is 0 Å². The first kappa shape index (κ1) is 14.0. The van der Waals surface area contributed by atoms with Crippen LogP contribution in [0.2, 0.25) is 0 Å². The Hall–Kier alpha value is -2.96. The number of ether oxygens (including phenoxy) is 1. The molecule has 0 aliphatic carbocycles. The van der Waals surface area contributed by atoms with Gasteiger partial charge in [-0.3, -0.25) is 9.59 Å². The van der Waals surface area contributed by atoms with E-state index in [9.17, 15) is 9.59 Å². The number of carbonyl (C=O) groups excluding carboxylic acids is 2. The van der Waals surface area contributed by atoms with Crippen molar-refractivity contribution in [2.24, 2.45) is 0 Å². The zero-order valence-electron chi connectivity index (χ0n) is 11.9. The van der Waals surface area contributed by atoms with Crippen LogP contribution in [0.15, 0.2) is 30.5 Å². The minimum Gasteiger partial charge on any atom is -0.482 e. The molecule has 1 aromatic carbocycles. The molecule has 7 heteroatoms. The number of aryl methyl sites for hydroxylation is 1. The molecule has 2 amide bonds. The average Bonchev–Trinajstić information content (AvgIpc) is 2.52. The van der Waals surface area contributed by atoms with E-state index in [1.54, 1.807) is 31.3 Å². The quantitative estimate of drug-likeness (QED) is 0.883. The minimum absolute atomic E-state index is 0.0240. The molecule has 0 unspecified atom stereocenters. The third-order valence-electron chi connectivity index (χ3n) is 3.14. The van der Waals surface area contributed by atoms with Gasteiger partial charge in [0.1, 0.15) is 17.3 Å². The van der Waals surface area contributed by atoms with Crippen LogP contribution in [-0.2, 0) is 11.3 Å². The van der Waals surface area contributed by atoms with Gasteiger partial charge >= 0.3 is 0 Å². The Morgan fingerprint density at radius 1 is 1.41 bits per heavy atom. The molecule has 0 bridgehead atoms. The van der Waals surface area contributed by atoms with E-state index in [4.69, 9.17) is 4.74 Å². The molecule has 22 heavy (non-hydrogen) atoms. The number of hydrogen-bond acceptors (Lipinski definition) is 5. The summed E-state index contributed by atoms with van der Waals surface area (Å²) in [4.78, 5) is 31.3. The number of amides is 2. The van der Waals surface area contributed by atoms with Gasteiger partial charge < -0.3 is 15.4 Å². The van der Waals surface area contributed by atoms with Gasteiger partial charge in [-0.1, -0.05) is 6.07 Å². The molecular weight excluding hydrogens is 284 g/mol. The molecule has 2 heterocycles. The van der Waals surface area contributed by atoms with Crippen molar-refractivity contribution in [3.8, 4) is 5.75 Å². The van der Waals surface area contributed by atoms with Crippen molar-refractivity contribution in [2.45, 2.75) is 13.5 Å². The van der Waals surface area contributed by atoms with Crippen molar-refractivity contribution in [1.82, 2.24) is 15.3 Å². The van der Waals surface area contributed by atoms with Crippen LogP contribution in [0.25, 0.3) is 0 Å². The van der Waals surface area contributed by atoms with Crippen LogP contribution in [0.4, 0.5) is 5.69 Å². The molecule has 2 aromatic rings. The predicted molar refractivity (Wildman–Crippen MR) is 78.5 cm³/mol. The van der Waals surface area contributed by atoms with Gasteiger partial charge in [0.2, 0.25) is 0 Å². The molecule has 0 radical (unpaired) electrons. The number of fused-ring (bicyclic) bond motifs is 1. The maximum atomic E-state index is 12.0. The Balaban J connectivity index is 1.68. The van der Waals surface area contributed by atoms with E-state index in [0.29, 0.717) is 29.5 Å². The molecular formula is C15H14N4O3. The number of rotatable bonds is 3. The second kappa shape index (κ2) is 5.80. The van der Waals surface area contributed by atoms with Crippen LogP contribution in [0.5, 0.6) is 5.75 Å². The number of aromatic nitrogens is 2. The smallest absolute Gasteiger partial charge is 0.270 e. The molecule has 0 fully saturated rings. The van der Waals surface area contributed by atoms with Crippen molar-refractivity contribution in [1.29, 1.82) is 0 Å². The fourth-order valence-electron chi connectivity index (χ4n) is 2.10. The fraction of sp³-hybridized carbons (Fsp3) is 0.200. The highest BCUT2D eigenvalue weighted by molar-refractivity contribution is 5.95. The number of carbonyl (C=O) groups is 2. The summed E-state index contributed by atoms with van der Waals surface area (Å²) < 4.78 is 5.28. The summed E-state index contributed by atoms with van der Waals surface area (Å²) in [5.74, 6) is 0.705. The first-order valence-corrected chi connectivity index (χ1v) is 6.75. The zero-order chi connectivity index (χ0) is 15.5. The van der Waals surface area contributed by atoms with Gasteiger partial charge in [-0.05, 0) is 30.7 Å². The third-order valence-corrected chi connectivity index (χ3v) is 3.14. The first-order chi connectivity index (χ1) is 10.6. The van der Waals surface area contributed by atoms with Crippen LogP contribution in [-0.4, -0.2) is 28.4 Å². The minimum atomic E-state index is -0.275. The number of nitrogens with zero attached hydrogens (tertiary/aromatic N) is 2. The highest BCUT2D eigenvalue weighted by atomic mass is 16.5.